The summed E-state index contributed by atoms with van der Waals surface area (Å²) in [6, 6.07) is 4.73. The maximum atomic E-state index is 11.2. The molecule has 4 nitrogen and oxygen atoms in total. The highest BCUT2D eigenvalue weighted by Crippen LogP contribution is 2.20. The van der Waals surface area contributed by atoms with Gasteiger partial charge >= 0.3 is 0 Å². The van der Waals surface area contributed by atoms with E-state index >= 15 is 0 Å². The second-order valence-corrected chi connectivity index (χ2v) is 3.43. The molecule has 0 aliphatic rings. The lowest BCUT2D eigenvalue weighted by Gasteiger charge is -2.05. The van der Waals surface area contributed by atoms with Crippen molar-refractivity contribution >= 4 is 17.4 Å². The summed E-state index contributed by atoms with van der Waals surface area (Å²) in [5, 5.41) is 11.8. The van der Waals surface area contributed by atoms with Crippen LogP contribution in [0.1, 0.15) is 18.9 Å². The van der Waals surface area contributed by atoms with E-state index in [-0.39, 0.29) is 23.9 Å². The topological polar surface area (TPSA) is 66.4 Å². The third-order valence-corrected chi connectivity index (χ3v) is 1.89. The maximum Gasteiger partial charge on any atom is 0.231 e. The number of anilines is 1. The van der Waals surface area contributed by atoms with Gasteiger partial charge in [0.05, 0.1) is 6.42 Å². The zero-order chi connectivity index (χ0) is 11.4. The molecule has 0 unspecified atom stereocenters. The van der Waals surface area contributed by atoms with Crippen LogP contribution in [0.4, 0.5) is 5.69 Å². The molecule has 0 radical (unpaired) electrons. The first-order chi connectivity index (χ1) is 6.99. The Morgan fingerprint density at radius 2 is 2.07 bits per heavy atom. The van der Waals surface area contributed by atoms with E-state index in [1.807, 2.05) is 0 Å². The van der Waals surface area contributed by atoms with Crippen molar-refractivity contribution in [2.75, 3.05) is 5.32 Å². The predicted molar refractivity (Wildman–Crippen MR) is 56.8 cm³/mol. The van der Waals surface area contributed by atoms with Crippen LogP contribution < -0.4 is 5.32 Å². The molecule has 0 heterocycles. The minimum atomic E-state index is -0.340. The second kappa shape index (κ2) is 4.59. The average Bonchev–Trinajstić information content (AvgIpc) is 2.10. The third-order valence-electron chi connectivity index (χ3n) is 1.89. The number of phenolic OH excluding ortho intramolecular Hbond substituents is 1. The van der Waals surface area contributed by atoms with Crippen LogP contribution in [-0.2, 0) is 9.59 Å². The number of aryl methyl sites for hydroxylation is 1. The second-order valence-electron chi connectivity index (χ2n) is 3.43. The Labute approximate surface area is 87.9 Å². The van der Waals surface area contributed by atoms with Gasteiger partial charge in [-0.05, 0) is 37.6 Å². The number of benzene rings is 1. The fourth-order valence-corrected chi connectivity index (χ4v) is 1.16. The summed E-state index contributed by atoms with van der Waals surface area (Å²) in [5.41, 5.74) is 1.26. The van der Waals surface area contributed by atoms with Gasteiger partial charge in [-0.15, -0.1) is 0 Å². The van der Waals surface area contributed by atoms with E-state index < -0.39 is 0 Å². The number of carbonyl (C=O) groups excluding carboxylic acids is 2. The number of phenols is 1. The molecule has 1 amide bonds. The lowest BCUT2D eigenvalue weighted by Crippen LogP contribution is -2.14. The van der Waals surface area contributed by atoms with Crippen molar-refractivity contribution in [1.29, 1.82) is 0 Å². The van der Waals surface area contributed by atoms with E-state index in [1.54, 1.807) is 19.1 Å². The van der Waals surface area contributed by atoms with Crippen molar-refractivity contribution in [3.8, 4) is 5.75 Å². The van der Waals surface area contributed by atoms with Crippen LogP contribution in [0.15, 0.2) is 18.2 Å². The van der Waals surface area contributed by atoms with Crippen LogP contribution in [0, 0.1) is 6.92 Å². The molecule has 15 heavy (non-hydrogen) atoms. The van der Waals surface area contributed by atoms with Crippen LogP contribution in [0.3, 0.4) is 0 Å². The molecule has 0 atom stereocenters. The number of hydrogen-bond acceptors (Lipinski definition) is 3. The standard InChI is InChI=1S/C11H13NO3/c1-7-5-9(3-4-10(7)14)12-11(15)6-8(2)13/h3-5,14H,6H2,1-2H3,(H,12,15). The van der Waals surface area contributed by atoms with Gasteiger partial charge in [0, 0.05) is 5.69 Å². The van der Waals surface area contributed by atoms with Crippen molar-refractivity contribution in [1.82, 2.24) is 0 Å². The van der Waals surface area contributed by atoms with Crippen molar-refractivity contribution < 1.29 is 14.7 Å². The maximum absolute atomic E-state index is 11.2. The van der Waals surface area contributed by atoms with Gasteiger partial charge in [-0.25, -0.2) is 0 Å². The van der Waals surface area contributed by atoms with E-state index in [1.165, 1.54) is 13.0 Å². The van der Waals surface area contributed by atoms with Gasteiger partial charge in [0.1, 0.15) is 11.5 Å². The minimum absolute atomic E-state index is 0.125. The molecule has 0 saturated heterocycles. The normalized spacial score (nSPS) is 9.73. The number of aromatic hydroxyl groups is 1. The highest BCUT2D eigenvalue weighted by Gasteiger charge is 2.06. The van der Waals surface area contributed by atoms with Crippen molar-refractivity contribution in [3.05, 3.63) is 23.8 Å². The Balaban J connectivity index is 2.69. The van der Waals surface area contributed by atoms with Crippen LogP contribution in [-0.4, -0.2) is 16.8 Å². The number of Topliss-reactive ketones (excluding diaryl/α,β-unsaturated/α-hetero) is 1. The van der Waals surface area contributed by atoms with Crippen LogP contribution in [0.5, 0.6) is 5.75 Å². The van der Waals surface area contributed by atoms with Gasteiger partial charge < -0.3 is 10.4 Å². The third kappa shape index (κ3) is 3.42. The van der Waals surface area contributed by atoms with Crippen LogP contribution in [0.2, 0.25) is 0 Å². The first-order valence-corrected chi connectivity index (χ1v) is 4.58. The van der Waals surface area contributed by atoms with Gasteiger partial charge in [-0.1, -0.05) is 0 Å². The number of ketones is 1. The minimum Gasteiger partial charge on any atom is -0.508 e. The summed E-state index contributed by atoms with van der Waals surface area (Å²) >= 11 is 0. The lowest BCUT2D eigenvalue weighted by atomic mass is 10.2. The molecule has 0 spiro atoms. The van der Waals surface area contributed by atoms with E-state index in [0.717, 1.165) is 0 Å². The summed E-state index contributed by atoms with van der Waals surface area (Å²) in [4.78, 5) is 21.9. The zero-order valence-electron chi connectivity index (χ0n) is 8.70. The Hall–Kier alpha value is -1.84. The first kappa shape index (κ1) is 11.2. The summed E-state index contributed by atoms with van der Waals surface area (Å²) in [6.07, 6.45) is -0.125. The number of nitrogens with one attached hydrogen (secondary N) is 1. The number of carbonyl (C=O) groups is 2. The van der Waals surface area contributed by atoms with Gasteiger partial charge in [-0.2, -0.15) is 0 Å². The molecule has 0 aliphatic carbocycles. The van der Waals surface area contributed by atoms with E-state index in [4.69, 9.17) is 0 Å². The molecule has 0 fully saturated rings. The molecule has 0 aliphatic heterocycles. The molecule has 4 heteroatoms. The zero-order valence-corrected chi connectivity index (χ0v) is 8.70. The number of rotatable bonds is 3. The summed E-state index contributed by atoms with van der Waals surface area (Å²) in [7, 11) is 0. The summed E-state index contributed by atoms with van der Waals surface area (Å²) < 4.78 is 0. The fraction of sp³-hybridized carbons (Fsp3) is 0.273. The molecule has 1 aromatic carbocycles. The highest BCUT2D eigenvalue weighted by atomic mass is 16.3. The summed E-state index contributed by atoms with van der Waals surface area (Å²) in [6.45, 7) is 3.09. The monoisotopic (exact) mass is 207 g/mol. The largest absolute Gasteiger partial charge is 0.508 e. The lowest BCUT2D eigenvalue weighted by molar-refractivity contribution is -0.124. The Morgan fingerprint density at radius 3 is 2.60 bits per heavy atom. The van der Waals surface area contributed by atoms with E-state index in [9.17, 15) is 14.7 Å². The molecule has 0 aromatic heterocycles. The molecule has 80 valence electrons. The van der Waals surface area contributed by atoms with E-state index in [2.05, 4.69) is 5.32 Å². The molecule has 0 bridgehead atoms. The van der Waals surface area contributed by atoms with Gasteiger partial charge in [0.2, 0.25) is 5.91 Å². The Morgan fingerprint density at radius 1 is 1.40 bits per heavy atom. The Bertz CT molecular complexity index is 399. The molecular formula is C11H13NO3. The van der Waals surface area contributed by atoms with Crippen molar-refractivity contribution in [2.45, 2.75) is 20.3 Å². The smallest absolute Gasteiger partial charge is 0.231 e. The average molecular weight is 207 g/mol. The quantitative estimate of drug-likeness (QED) is 0.584. The van der Waals surface area contributed by atoms with Crippen LogP contribution in [0.25, 0.3) is 0 Å². The molecule has 0 saturated carbocycles. The SMILES string of the molecule is CC(=O)CC(=O)Nc1ccc(O)c(C)c1. The van der Waals surface area contributed by atoms with Crippen molar-refractivity contribution in [3.63, 3.8) is 0 Å². The van der Waals surface area contributed by atoms with E-state index in [0.29, 0.717) is 11.3 Å². The van der Waals surface area contributed by atoms with Crippen molar-refractivity contribution in [2.24, 2.45) is 0 Å². The van der Waals surface area contributed by atoms with Gasteiger partial charge in [-0.3, -0.25) is 9.59 Å². The molecule has 1 rings (SSSR count). The highest BCUT2D eigenvalue weighted by molar-refractivity contribution is 6.03. The Kier molecular flexibility index (Phi) is 3.44. The number of hydrogen-bond donors (Lipinski definition) is 2. The van der Waals surface area contributed by atoms with Crippen LogP contribution >= 0.6 is 0 Å². The molecular weight excluding hydrogens is 194 g/mol. The first-order valence-electron chi connectivity index (χ1n) is 4.58. The fourth-order valence-electron chi connectivity index (χ4n) is 1.16. The predicted octanol–water partition coefficient (Wildman–Crippen LogP) is 1.62. The van der Waals surface area contributed by atoms with Gasteiger partial charge in [0.25, 0.3) is 0 Å². The number of amides is 1. The summed E-state index contributed by atoms with van der Waals surface area (Å²) in [5.74, 6) is -0.338. The molecule has 2 N–H and O–H groups in total. The molecule has 1 aromatic rings. The van der Waals surface area contributed by atoms with Gasteiger partial charge in [0.15, 0.2) is 0 Å².